The van der Waals surface area contributed by atoms with Gasteiger partial charge in [0.1, 0.15) is 0 Å². The standard InChI is InChI=1S/C19H19N/c1-20-12-11-17-18(13-20)15-9-5-6-10-16(15)19(17)14-7-3-2-4-8-14/h2-10,18H,11-13H2,1H3/t18-/m0/s1. The van der Waals surface area contributed by atoms with Gasteiger partial charge in [0.25, 0.3) is 0 Å². The molecule has 0 spiro atoms. The molecule has 2 aromatic carbocycles. The summed E-state index contributed by atoms with van der Waals surface area (Å²) in [4.78, 5) is 2.46. The van der Waals surface area contributed by atoms with Crippen molar-refractivity contribution in [3.05, 3.63) is 76.9 Å². The second kappa shape index (κ2) is 4.60. The van der Waals surface area contributed by atoms with Gasteiger partial charge in [-0.15, -0.1) is 0 Å². The average Bonchev–Trinajstić information content (AvgIpc) is 2.82. The maximum atomic E-state index is 2.46. The van der Waals surface area contributed by atoms with Crippen LogP contribution in [0, 0.1) is 0 Å². The molecule has 100 valence electrons. The monoisotopic (exact) mass is 261 g/mol. The van der Waals surface area contributed by atoms with Crippen LogP contribution in [0.25, 0.3) is 5.57 Å². The van der Waals surface area contributed by atoms with Gasteiger partial charge in [-0.3, -0.25) is 0 Å². The molecule has 2 aliphatic rings. The summed E-state index contributed by atoms with van der Waals surface area (Å²) in [6, 6.07) is 19.9. The summed E-state index contributed by atoms with van der Waals surface area (Å²) in [5, 5.41) is 0. The summed E-state index contributed by atoms with van der Waals surface area (Å²) < 4.78 is 0. The van der Waals surface area contributed by atoms with Crippen LogP contribution in [0.1, 0.15) is 29.0 Å². The number of likely N-dealkylation sites (N-methyl/N-ethyl adjacent to an activating group) is 1. The molecule has 1 saturated heterocycles. The third-order valence-electron chi connectivity index (χ3n) is 4.67. The molecule has 1 aliphatic heterocycles. The van der Waals surface area contributed by atoms with Gasteiger partial charge in [-0.2, -0.15) is 0 Å². The fourth-order valence-corrected chi connectivity index (χ4v) is 3.73. The van der Waals surface area contributed by atoms with E-state index in [0.717, 1.165) is 6.54 Å². The van der Waals surface area contributed by atoms with Gasteiger partial charge in [0, 0.05) is 19.0 Å². The summed E-state index contributed by atoms with van der Waals surface area (Å²) in [7, 11) is 2.24. The first kappa shape index (κ1) is 11.9. The second-order valence-corrected chi connectivity index (χ2v) is 5.92. The molecule has 1 atom stereocenters. The molecule has 0 saturated carbocycles. The van der Waals surface area contributed by atoms with E-state index in [1.165, 1.54) is 35.2 Å². The zero-order valence-electron chi connectivity index (χ0n) is 11.8. The summed E-state index contributed by atoms with van der Waals surface area (Å²) in [6.07, 6.45) is 1.19. The lowest BCUT2D eigenvalue weighted by Crippen LogP contribution is -2.31. The van der Waals surface area contributed by atoms with Gasteiger partial charge in [0.15, 0.2) is 0 Å². The van der Waals surface area contributed by atoms with Crippen molar-refractivity contribution in [2.24, 2.45) is 0 Å². The molecule has 1 nitrogen and oxygen atoms in total. The van der Waals surface area contributed by atoms with E-state index in [0.29, 0.717) is 5.92 Å². The van der Waals surface area contributed by atoms with E-state index in [9.17, 15) is 0 Å². The van der Waals surface area contributed by atoms with E-state index in [-0.39, 0.29) is 0 Å². The molecule has 1 fully saturated rings. The van der Waals surface area contributed by atoms with Gasteiger partial charge in [0.2, 0.25) is 0 Å². The SMILES string of the molecule is CN1CCC2=C(c3ccccc3)c3ccccc3[C@@H]2C1. The third kappa shape index (κ3) is 1.74. The minimum Gasteiger partial charge on any atom is -0.305 e. The van der Waals surface area contributed by atoms with Crippen LogP contribution in [0.5, 0.6) is 0 Å². The van der Waals surface area contributed by atoms with E-state index in [1.807, 2.05) is 0 Å². The van der Waals surface area contributed by atoms with Gasteiger partial charge in [-0.05, 0) is 35.7 Å². The first-order valence-corrected chi connectivity index (χ1v) is 7.41. The average molecular weight is 261 g/mol. The van der Waals surface area contributed by atoms with Crippen molar-refractivity contribution in [1.29, 1.82) is 0 Å². The van der Waals surface area contributed by atoms with Crippen LogP contribution in [0.4, 0.5) is 0 Å². The fraction of sp³-hybridized carbons (Fsp3) is 0.263. The molecule has 1 heteroatoms. The highest BCUT2D eigenvalue weighted by molar-refractivity contribution is 5.88. The number of likely N-dealkylation sites (tertiary alicyclic amines) is 1. The molecule has 0 amide bonds. The Morgan fingerprint density at radius 2 is 1.70 bits per heavy atom. The largest absolute Gasteiger partial charge is 0.305 e. The topological polar surface area (TPSA) is 3.24 Å². The molecule has 4 rings (SSSR count). The lowest BCUT2D eigenvalue weighted by Gasteiger charge is -2.30. The molecular weight excluding hydrogens is 242 g/mol. The number of nitrogens with zero attached hydrogens (tertiary/aromatic N) is 1. The highest BCUT2D eigenvalue weighted by Gasteiger charge is 2.34. The van der Waals surface area contributed by atoms with E-state index in [4.69, 9.17) is 0 Å². The number of rotatable bonds is 1. The quantitative estimate of drug-likeness (QED) is 0.752. The Bertz CT molecular complexity index is 669. The molecule has 0 radical (unpaired) electrons. The van der Waals surface area contributed by atoms with Crippen LogP contribution < -0.4 is 0 Å². The van der Waals surface area contributed by atoms with Gasteiger partial charge in [-0.25, -0.2) is 0 Å². The van der Waals surface area contributed by atoms with Crippen molar-refractivity contribution >= 4 is 5.57 Å². The number of hydrogen-bond donors (Lipinski definition) is 0. The van der Waals surface area contributed by atoms with Crippen LogP contribution in [0.3, 0.4) is 0 Å². The number of fused-ring (bicyclic) bond motifs is 3. The van der Waals surface area contributed by atoms with Crippen molar-refractivity contribution in [3.8, 4) is 0 Å². The lowest BCUT2D eigenvalue weighted by atomic mass is 9.89. The van der Waals surface area contributed by atoms with E-state index in [1.54, 1.807) is 5.57 Å². The molecule has 2 aromatic rings. The fourth-order valence-electron chi connectivity index (χ4n) is 3.73. The molecule has 20 heavy (non-hydrogen) atoms. The number of benzene rings is 2. The lowest BCUT2D eigenvalue weighted by molar-refractivity contribution is 0.294. The Morgan fingerprint density at radius 3 is 2.55 bits per heavy atom. The van der Waals surface area contributed by atoms with Crippen molar-refractivity contribution in [1.82, 2.24) is 4.90 Å². The molecule has 0 unspecified atom stereocenters. The Morgan fingerprint density at radius 1 is 0.950 bits per heavy atom. The third-order valence-corrected chi connectivity index (χ3v) is 4.67. The predicted molar refractivity (Wildman–Crippen MR) is 83.8 cm³/mol. The first-order chi connectivity index (χ1) is 9.84. The summed E-state index contributed by atoms with van der Waals surface area (Å²) in [5.41, 5.74) is 7.50. The van der Waals surface area contributed by atoms with Gasteiger partial charge in [0.05, 0.1) is 0 Å². The molecular formula is C19H19N. The van der Waals surface area contributed by atoms with Crippen molar-refractivity contribution in [3.63, 3.8) is 0 Å². The summed E-state index contributed by atoms with van der Waals surface area (Å²) in [5.74, 6) is 0.597. The highest BCUT2D eigenvalue weighted by Crippen LogP contribution is 2.47. The van der Waals surface area contributed by atoms with Gasteiger partial charge >= 0.3 is 0 Å². The van der Waals surface area contributed by atoms with Crippen LogP contribution in [0.2, 0.25) is 0 Å². The van der Waals surface area contributed by atoms with Crippen molar-refractivity contribution in [2.75, 3.05) is 20.1 Å². The molecule has 0 N–H and O–H groups in total. The normalized spacial score (nSPS) is 21.8. The maximum absolute atomic E-state index is 2.46. The number of hydrogen-bond acceptors (Lipinski definition) is 1. The zero-order chi connectivity index (χ0) is 13.5. The minimum atomic E-state index is 0.597. The van der Waals surface area contributed by atoms with E-state index < -0.39 is 0 Å². The van der Waals surface area contributed by atoms with E-state index >= 15 is 0 Å². The smallest absolute Gasteiger partial charge is 0.0192 e. The molecule has 0 bridgehead atoms. The predicted octanol–water partition coefficient (Wildman–Crippen LogP) is 3.92. The number of piperidine rings is 1. The Hall–Kier alpha value is -1.86. The summed E-state index contributed by atoms with van der Waals surface area (Å²) >= 11 is 0. The van der Waals surface area contributed by atoms with Crippen molar-refractivity contribution in [2.45, 2.75) is 12.3 Å². The van der Waals surface area contributed by atoms with Gasteiger partial charge < -0.3 is 4.90 Å². The molecule has 1 heterocycles. The molecule has 0 aromatic heterocycles. The van der Waals surface area contributed by atoms with Crippen LogP contribution in [-0.4, -0.2) is 25.0 Å². The van der Waals surface area contributed by atoms with Crippen LogP contribution >= 0.6 is 0 Å². The Balaban J connectivity index is 1.93. The van der Waals surface area contributed by atoms with Crippen LogP contribution in [0.15, 0.2) is 60.2 Å². The zero-order valence-corrected chi connectivity index (χ0v) is 11.8. The van der Waals surface area contributed by atoms with Crippen molar-refractivity contribution < 1.29 is 0 Å². The maximum Gasteiger partial charge on any atom is 0.0192 e. The Labute approximate surface area is 120 Å². The molecule has 1 aliphatic carbocycles. The first-order valence-electron chi connectivity index (χ1n) is 7.41. The minimum absolute atomic E-state index is 0.597. The highest BCUT2D eigenvalue weighted by atomic mass is 15.1. The Kier molecular flexibility index (Phi) is 2.75. The summed E-state index contributed by atoms with van der Waals surface area (Å²) in [6.45, 7) is 2.33. The second-order valence-electron chi connectivity index (χ2n) is 5.92. The van der Waals surface area contributed by atoms with Gasteiger partial charge in [-0.1, -0.05) is 60.2 Å². The van der Waals surface area contributed by atoms with E-state index in [2.05, 4.69) is 66.5 Å². The van der Waals surface area contributed by atoms with Crippen LogP contribution in [-0.2, 0) is 0 Å².